The van der Waals surface area contributed by atoms with Crippen molar-refractivity contribution in [3.8, 4) is 51.2 Å². The maximum absolute atomic E-state index is 9.46. The predicted octanol–water partition coefficient (Wildman–Crippen LogP) is 12.9. The molecule has 6 saturated carbocycles. The van der Waals surface area contributed by atoms with Gasteiger partial charge in [-0.25, -0.2) is 0 Å². The minimum absolute atomic E-state index is 0.112. The monoisotopic (exact) mass is 733 g/mol. The highest BCUT2D eigenvalue weighted by molar-refractivity contribution is 6.11. The summed E-state index contributed by atoms with van der Waals surface area (Å²) >= 11 is 0. The Morgan fingerprint density at radius 1 is 0.614 bits per heavy atom. The zero-order chi connectivity index (χ0) is 37.8. The zero-order valence-electron chi connectivity index (χ0n) is 32.3. The van der Waals surface area contributed by atoms with Crippen LogP contribution in [0.15, 0.2) is 127 Å². The Labute approximate surface area is 334 Å². The second kappa shape index (κ2) is 11.1. The second-order valence-electron chi connectivity index (χ2n) is 18.7. The van der Waals surface area contributed by atoms with E-state index >= 15 is 0 Å². The first-order valence-electron chi connectivity index (χ1n) is 21.4. The van der Waals surface area contributed by atoms with E-state index in [1.54, 1.807) is 11.1 Å². The van der Waals surface area contributed by atoms with Gasteiger partial charge in [-0.05, 0) is 184 Å². The van der Waals surface area contributed by atoms with Gasteiger partial charge in [0, 0.05) is 21.9 Å². The first-order chi connectivity index (χ1) is 28.0. The largest absolute Gasteiger partial charge is 0.309 e. The molecule has 7 aliphatic carbocycles. The van der Waals surface area contributed by atoms with Gasteiger partial charge < -0.3 is 4.57 Å². The third-order valence-corrected chi connectivity index (χ3v) is 16.9. The van der Waals surface area contributed by atoms with E-state index in [2.05, 4.69) is 127 Å². The van der Waals surface area contributed by atoms with Gasteiger partial charge >= 0.3 is 0 Å². The summed E-state index contributed by atoms with van der Waals surface area (Å²) in [5.41, 5.74) is 16.3. The molecular weight excluding hydrogens is 691 g/mol. The number of aromatic nitrogens is 1. The quantitative estimate of drug-likeness (QED) is 0.181. The Morgan fingerprint density at radius 2 is 1.25 bits per heavy atom. The van der Waals surface area contributed by atoms with E-state index in [-0.39, 0.29) is 5.41 Å². The number of fused-ring (bicyclic) bond motifs is 8. The van der Waals surface area contributed by atoms with Crippen LogP contribution < -0.4 is 0 Å². The topological polar surface area (TPSA) is 52.5 Å². The number of hydrogen-bond acceptors (Lipinski definition) is 2. The van der Waals surface area contributed by atoms with Crippen molar-refractivity contribution >= 4 is 21.8 Å². The van der Waals surface area contributed by atoms with Gasteiger partial charge in [-0.3, -0.25) is 0 Å². The fourth-order valence-electron chi connectivity index (χ4n) is 15.3. The molecule has 0 N–H and O–H groups in total. The molecule has 3 nitrogen and oxygen atoms in total. The zero-order valence-corrected chi connectivity index (χ0v) is 32.3. The van der Waals surface area contributed by atoms with Gasteiger partial charge in [0.05, 0.1) is 34.3 Å². The van der Waals surface area contributed by atoms with Crippen molar-refractivity contribution in [3.05, 3.63) is 150 Å². The highest BCUT2D eigenvalue weighted by atomic mass is 15.0. The van der Waals surface area contributed by atoms with Gasteiger partial charge in [-0.15, -0.1) is 0 Å². The lowest BCUT2D eigenvalue weighted by Gasteiger charge is -2.76. The van der Waals surface area contributed by atoms with Crippen LogP contribution in [0.2, 0.25) is 0 Å². The first kappa shape index (κ1) is 32.2. The molecule has 4 bridgehead atoms. The number of rotatable bonds is 4. The van der Waals surface area contributed by atoms with Crippen molar-refractivity contribution in [3.63, 3.8) is 0 Å². The van der Waals surface area contributed by atoms with Crippen LogP contribution in [-0.4, -0.2) is 4.57 Å². The normalized spacial score (nSPS) is 30.5. The maximum atomic E-state index is 9.46. The molecule has 14 rings (SSSR count). The third-order valence-electron chi connectivity index (χ3n) is 16.9. The molecule has 3 heteroatoms. The Hall–Kier alpha value is -5.90. The number of nitrogens with zero attached hydrogens (tertiary/aromatic N) is 3. The summed E-state index contributed by atoms with van der Waals surface area (Å²) in [5.74, 6) is 6.24. The SMILES string of the molecule is CCC1CC2C3CC4CC5C(C3)C2(C4)C5C12c1ccccc1-c1cc(-n3c4ccc(-c5ccc(C#N)cc5)cc4c4cc(-c5ccc(C#N)cc5)ccc43)ccc12. The molecule has 7 aromatic rings. The average molecular weight is 734 g/mol. The Kier molecular flexibility index (Phi) is 6.30. The highest BCUT2D eigenvalue weighted by Gasteiger charge is 2.81. The smallest absolute Gasteiger partial charge is 0.0991 e. The molecule has 1 heterocycles. The van der Waals surface area contributed by atoms with E-state index in [4.69, 9.17) is 0 Å². The van der Waals surface area contributed by atoms with Crippen molar-refractivity contribution in [1.29, 1.82) is 10.5 Å². The van der Waals surface area contributed by atoms with Crippen LogP contribution in [0.5, 0.6) is 0 Å². The molecule has 9 unspecified atom stereocenters. The number of nitriles is 2. The molecule has 0 saturated heterocycles. The van der Waals surface area contributed by atoms with E-state index in [1.807, 2.05) is 24.3 Å². The van der Waals surface area contributed by atoms with Gasteiger partial charge in [-0.2, -0.15) is 10.5 Å². The number of hydrogen-bond donors (Lipinski definition) is 0. The predicted molar refractivity (Wildman–Crippen MR) is 228 cm³/mol. The Bertz CT molecular complexity index is 2840. The lowest BCUT2D eigenvalue weighted by atomic mass is 9.27. The number of benzene rings is 6. The summed E-state index contributed by atoms with van der Waals surface area (Å²) in [6.45, 7) is 2.50. The molecular formula is C54H43N3. The van der Waals surface area contributed by atoms with Crippen LogP contribution in [-0.2, 0) is 5.41 Å². The van der Waals surface area contributed by atoms with Gasteiger partial charge in [0.1, 0.15) is 0 Å². The van der Waals surface area contributed by atoms with Crippen LogP contribution in [0.4, 0.5) is 0 Å². The molecule has 0 aliphatic heterocycles. The van der Waals surface area contributed by atoms with Gasteiger partial charge in [-0.1, -0.05) is 80.1 Å². The second-order valence-corrected chi connectivity index (χ2v) is 18.7. The van der Waals surface area contributed by atoms with Crippen molar-refractivity contribution < 1.29 is 0 Å². The van der Waals surface area contributed by atoms with Crippen LogP contribution >= 0.6 is 0 Å². The summed E-state index contributed by atoms with van der Waals surface area (Å²) < 4.78 is 2.50. The highest BCUT2D eigenvalue weighted by Crippen LogP contribution is 2.87. The molecule has 1 aromatic heterocycles. The molecule has 0 amide bonds. The fraction of sp³-hybridized carbons (Fsp3) is 0.296. The molecule has 6 fully saturated rings. The molecule has 2 spiro atoms. The lowest BCUT2D eigenvalue weighted by Crippen LogP contribution is -2.72. The van der Waals surface area contributed by atoms with Crippen molar-refractivity contribution in [1.82, 2.24) is 4.57 Å². The van der Waals surface area contributed by atoms with E-state index in [0.29, 0.717) is 22.5 Å². The van der Waals surface area contributed by atoms with Crippen molar-refractivity contribution in [2.45, 2.75) is 50.9 Å². The standard InChI is InChI=1S/C54H43N3/c1-2-39-26-48-38-21-33-22-45-49(25-38)53(48,28-33)52(45)54(39)46-6-4-3-5-41(46)42-27-40(17-18-47(42)54)57-50-19-15-36(34-11-7-31(29-55)8-12-34)23-43(50)44-24-37(16-20-51(44)57)35-13-9-32(30-56)10-14-35/h3-20,23-24,27,33,38-39,45,48-49,52H,2,21-22,25-26,28H2,1H3. The van der Waals surface area contributed by atoms with Crippen LogP contribution in [0, 0.1) is 69.5 Å². The van der Waals surface area contributed by atoms with E-state index in [1.165, 1.54) is 77.1 Å². The molecule has 7 aliphatic rings. The van der Waals surface area contributed by atoms with Crippen LogP contribution in [0.25, 0.3) is 60.9 Å². The third kappa shape index (κ3) is 3.87. The van der Waals surface area contributed by atoms with Crippen molar-refractivity contribution in [2.24, 2.45) is 46.8 Å². The minimum atomic E-state index is 0.112. The first-order valence-corrected chi connectivity index (χ1v) is 21.4. The summed E-state index contributed by atoms with van der Waals surface area (Å²) in [7, 11) is 0. The Morgan fingerprint density at radius 3 is 1.89 bits per heavy atom. The van der Waals surface area contributed by atoms with Crippen molar-refractivity contribution in [2.75, 3.05) is 0 Å². The molecule has 0 radical (unpaired) electrons. The van der Waals surface area contributed by atoms with E-state index < -0.39 is 0 Å². The summed E-state index contributed by atoms with van der Waals surface area (Å²) in [5, 5.41) is 21.3. The van der Waals surface area contributed by atoms with Gasteiger partial charge in [0.2, 0.25) is 0 Å². The molecule has 6 aromatic carbocycles. The van der Waals surface area contributed by atoms with E-state index in [9.17, 15) is 10.5 Å². The fourth-order valence-corrected chi connectivity index (χ4v) is 15.3. The summed E-state index contributed by atoms with van der Waals surface area (Å²) in [4.78, 5) is 0. The molecule has 57 heavy (non-hydrogen) atoms. The van der Waals surface area contributed by atoms with Crippen LogP contribution in [0.3, 0.4) is 0 Å². The Balaban J connectivity index is 1.02. The van der Waals surface area contributed by atoms with Gasteiger partial charge in [0.25, 0.3) is 0 Å². The molecule has 9 atom stereocenters. The summed E-state index contributed by atoms with van der Waals surface area (Å²) in [6, 6.07) is 51.3. The van der Waals surface area contributed by atoms with E-state index in [0.717, 1.165) is 57.8 Å². The maximum Gasteiger partial charge on any atom is 0.0991 e. The lowest BCUT2D eigenvalue weighted by molar-refractivity contribution is -0.257. The minimum Gasteiger partial charge on any atom is -0.309 e. The average Bonchev–Trinajstić information content (AvgIpc) is 3.77. The van der Waals surface area contributed by atoms with Crippen LogP contribution in [0.1, 0.15) is 67.7 Å². The van der Waals surface area contributed by atoms with Gasteiger partial charge in [0.15, 0.2) is 0 Å². The summed E-state index contributed by atoms with van der Waals surface area (Å²) in [6.07, 6.45) is 8.69. The molecule has 274 valence electrons.